The number of rotatable bonds is 7. The molecule has 2 heterocycles. The van der Waals surface area contributed by atoms with Gasteiger partial charge in [0, 0.05) is 51.1 Å². The first-order chi connectivity index (χ1) is 10.5. The Bertz CT molecular complexity index is 616. The van der Waals surface area contributed by atoms with Crippen molar-refractivity contribution in [3.63, 3.8) is 0 Å². The Balaban J connectivity index is 0.00000264. The summed E-state index contributed by atoms with van der Waals surface area (Å²) in [6.45, 7) is 3.11. The average Bonchev–Trinajstić information content (AvgIpc) is 3.02. The summed E-state index contributed by atoms with van der Waals surface area (Å²) in [5.74, 6) is -0.963. The monoisotopic (exact) mass is 394 g/mol. The van der Waals surface area contributed by atoms with Gasteiger partial charge in [-0.05, 0) is 12.5 Å². The van der Waals surface area contributed by atoms with E-state index in [2.05, 4.69) is 0 Å². The molecule has 2 unspecified atom stereocenters. The molecule has 2 aliphatic rings. The van der Waals surface area contributed by atoms with Gasteiger partial charge in [-0.25, -0.2) is 4.79 Å². The quantitative estimate of drug-likeness (QED) is 0.364. The van der Waals surface area contributed by atoms with E-state index in [9.17, 15) is 19.2 Å². The van der Waals surface area contributed by atoms with E-state index in [-0.39, 0.29) is 74.7 Å². The van der Waals surface area contributed by atoms with Gasteiger partial charge in [-0.3, -0.25) is 15.9 Å². The van der Waals surface area contributed by atoms with Gasteiger partial charge in [0.25, 0.3) is 0 Å². The zero-order valence-electron chi connectivity index (χ0n) is 13.3. The number of Topliss-reactive ketones (excluding diaryl/α,β-unsaturated/α-hetero) is 2. The molecule has 0 aromatic rings. The van der Waals surface area contributed by atoms with Crippen LogP contribution in [0, 0.1) is 0 Å². The predicted octanol–water partition coefficient (Wildman–Crippen LogP) is 0.989. The van der Waals surface area contributed by atoms with Crippen molar-refractivity contribution < 1.29 is 61.4 Å². The molecular weight excluding hydrogens is 377 g/mol. The van der Waals surface area contributed by atoms with Crippen molar-refractivity contribution in [2.24, 2.45) is 0 Å². The van der Waals surface area contributed by atoms with Gasteiger partial charge in [-0.15, -0.1) is 6.42 Å². The zero-order chi connectivity index (χ0) is 16.4. The molecule has 0 spiro atoms. The summed E-state index contributed by atoms with van der Waals surface area (Å²) in [4.78, 5) is 46.5. The van der Waals surface area contributed by atoms with E-state index in [0.29, 0.717) is 11.1 Å². The SMILES string of the molecule is CCC(=O)C1=C(C(=O)OC)C2OC1C(CC(C)=O)=C2C[C-]=O.[Y]. The molecule has 0 aromatic carbocycles. The first-order valence-electron chi connectivity index (χ1n) is 7.03. The van der Waals surface area contributed by atoms with Crippen LogP contribution in [0.3, 0.4) is 0 Å². The summed E-state index contributed by atoms with van der Waals surface area (Å²) in [6, 6.07) is 0. The van der Waals surface area contributed by atoms with Gasteiger partial charge >= 0.3 is 5.97 Å². The van der Waals surface area contributed by atoms with Crippen LogP contribution >= 0.6 is 0 Å². The third kappa shape index (κ3) is 3.59. The Morgan fingerprint density at radius 2 is 1.78 bits per heavy atom. The molecule has 0 saturated carbocycles. The van der Waals surface area contributed by atoms with Gasteiger partial charge in [-0.1, -0.05) is 12.5 Å². The molecule has 0 aromatic heterocycles. The largest absolute Gasteiger partial charge is 0.541 e. The minimum absolute atomic E-state index is 0. The van der Waals surface area contributed by atoms with E-state index in [4.69, 9.17) is 9.47 Å². The Labute approximate surface area is 159 Å². The Morgan fingerprint density at radius 3 is 2.26 bits per heavy atom. The standard InChI is InChI=1S/C16H17O6.Y/c1-4-11(19)12-13(16(20)21-3)14-9(5-6-17)10(7-8(2)18)15(12)22-14;/h14-15H,4-5,7H2,1-3H3;/q-1;. The zero-order valence-corrected chi connectivity index (χ0v) is 16.1. The molecular formula is C16H17O6Y-. The van der Waals surface area contributed by atoms with Crippen LogP contribution in [0.5, 0.6) is 0 Å². The molecule has 7 heteroatoms. The van der Waals surface area contributed by atoms with Crippen LogP contribution in [0.1, 0.15) is 33.1 Å². The molecule has 121 valence electrons. The molecule has 2 bridgehead atoms. The first kappa shape index (κ1) is 20.1. The molecule has 0 amide bonds. The van der Waals surface area contributed by atoms with Gasteiger partial charge in [0.15, 0.2) is 5.78 Å². The van der Waals surface area contributed by atoms with Crippen LogP contribution in [0.25, 0.3) is 0 Å². The molecule has 2 atom stereocenters. The summed E-state index contributed by atoms with van der Waals surface area (Å²) >= 11 is 0. The smallest absolute Gasteiger partial charge is 0.337 e. The number of methoxy groups -OCH3 is 1. The van der Waals surface area contributed by atoms with Crippen molar-refractivity contribution >= 4 is 23.8 Å². The molecule has 2 rings (SSSR count). The van der Waals surface area contributed by atoms with E-state index in [1.165, 1.54) is 14.0 Å². The number of carbonyl (C=O) groups excluding carboxylic acids is 4. The van der Waals surface area contributed by atoms with Gasteiger partial charge in [0.2, 0.25) is 0 Å². The summed E-state index contributed by atoms with van der Waals surface area (Å²) in [6.07, 6.45) is 0.490. The van der Waals surface area contributed by atoms with Crippen LogP contribution in [0.4, 0.5) is 0 Å². The summed E-state index contributed by atoms with van der Waals surface area (Å²) in [7, 11) is 1.22. The van der Waals surface area contributed by atoms with E-state index >= 15 is 0 Å². The maximum atomic E-state index is 12.2. The average molecular weight is 394 g/mol. The molecule has 0 fully saturated rings. The van der Waals surface area contributed by atoms with E-state index in [1.54, 1.807) is 13.2 Å². The minimum Gasteiger partial charge on any atom is -0.541 e. The van der Waals surface area contributed by atoms with Crippen molar-refractivity contribution in [3.05, 3.63) is 22.3 Å². The molecule has 2 aliphatic heterocycles. The van der Waals surface area contributed by atoms with Gasteiger partial charge < -0.3 is 14.3 Å². The van der Waals surface area contributed by atoms with Gasteiger partial charge in [0.05, 0.1) is 12.7 Å². The third-order valence-electron chi connectivity index (χ3n) is 3.86. The number of hydrogen-bond acceptors (Lipinski definition) is 6. The molecule has 1 radical (unpaired) electrons. The minimum atomic E-state index is -0.793. The maximum absolute atomic E-state index is 12.2. The van der Waals surface area contributed by atoms with Crippen molar-refractivity contribution in [1.82, 2.24) is 0 Å². The van der Waals surface area contributed by atoms with Crippen molar-refractivity contribution in [1.29, 1.82) is 0 Å². The number of ketones is 2. The Hall–Kier alpha value is -0.976. The molecule has 6 nitrogen and oxygen atoms in total. The number of esters is 1. The predicted molar refractivity (Wildman–Crippen MR) is 75.6 cm³/mol. The van der Waals surface area contributed by atoms with Crippen LogP contribution in [-0.2, 0) is 61.4 Å². The second kappa shape index (κ2) is 8.22. The Morgan fingerprint density at radius 1 is 1.17 bits per heavy atom. The number of hydrogen-bond donors (Lipinski definition) is 0. The van der Waals surface area contributed by atoms with Gasteiger partial charge in [-0.2, -0.15) is 0 Å². The molecule has 0 N–H and O–H groups in total. The van der Waals surface area contributed by atoms with Crippen molar-refractivity contribution in [2.45, 2.75) is 45.3 Å². The van der Waals surface area contributed by atoms with Gasteiger partial charge in [0.1, 0.15) is 18.0 Å². The van der Waals surface area contributed by atoms with E-state index in [1.807, 2.05) is 0 Å². The van der Waals surface area contributed by atoms with Crippen LogP contribution < -0.4 is 0 Å². The number of carbonyl (C=O) groups is 3. The second-order valence-corrected chi connectivity index (χ2v) is 5.24. The molecule has 0 saturated heterocycles. The molecule has 23 heavy (non-hydrogen) atoms. The van der Waals surface area contributed by atoms with Crippen LogP contribution in [-0.4, -0.2) is 43.1 Å². The molecule has 0 aliphatic carbocycles. The summed E-state index contributed by atoms with van der Waals surface area (Å²) in [5.41, 5.74) is 1.55. The topological polar surface area (TPSA) is 86.7 Å². The number of fused-ring (bicyclic) bond motifs is 2. The van der Waals surface area contributed by atoms with Crippen LogP contribution in [0.15, 0.2) is 22.3 Å². The maximum Gasteiger partial charge on any atom is 0.337 e. The fourth-order valence-electron chi connectivity index (χ4n) is 2.98. The Kier molecular flexibility index (Phi) is 7.17. The van der Waals surface area contributed by atoms with E-state index < -0.39 is 18.2 Å². The first-order valence-corrected chi connectivity index (χ1v) is 7.03. The van der Waals surface area contributed by atoms with Crippen molar-refractivity contribution in [2.75, 3.05) is 7.11 Å². The van der Waals surface area contributed by atoms with E-state index in [0.717, 1.165) is 0 Å². The van der Waals surface area contributed by atoms with Crippen molar-refractivity contribution in [3.8, 4) is 0 Å². The summed E-state index contributed by atoms with van der Waals surface area (Å²) < 4.78 is 10.5. The van der Waals surface area contributed by atoms with Crippen LogP contribution in [0.2, 0.25) is 0 Å². The number of ether oxygens (including phenoxy) is 2. The summed E-state index contributed by atoms with van der Waals surface area (Å²) in [5, 5.41) is 0. The fraction of sp³-hybridized carbons (Fsp3) is 0.500. The third-order valence-corrected chi connectivity index (χ3v) is 3.86. The second-order valence-electron chi connectivity index (χ2n) is 5.24. The normalized spacial score (nSPS) is 22.0. The fourth-order valence-corrected chi connectivity index (χ4v) is 2.98.